The molecule has 1 aromatic rings. The van der Waals surface area contributed by atoms with E-state index >= 15 is 0 Å². The van der Waals surface area contributed by atoms with Gasteiger partial charge < -0.3 is 4.74 Å². The van der Waals surface area contributed by atoms with E-state index in [9.17, 15) is 22.0 Å². The van der Waals surface area contributed by atoms with E-state index in [1.165, 1.54) is 0 Å². The molecule has 0 saturated carbocycles. The number of pyridine rings is 1. The first kappa shape index (κ1) is 13.1. The lowest BCUT2D eigenvalue weighted by Gasteiger charge is -2.14. The Balaban J connectivity index is 3.19. The Morgan fingerprint density at radius 1 is 1.38 bits per heavy atom. The van der Waals surface area contributed by atoms with Crippen molar-refractivity contribution < 1.29 is 26.7 Å². The van der Waals surface area contributed by atoms with E-state index in [0.717, 1.165) is 13.1 Å². The van der Waals surface area contributed by atoms with Crippen molar-refractivity contribution in [2.75, 3.05) is 0 Å². The number of halogens is 6. The number of hydrogen-bond donors (Lipinski definition) is 0. The van der Waals surface area contributed by atoms with E-state index in [-0.39, 0.29) is 10.2 Å². The monoisotopic (exact) mass is 305 g/mol. The molecule has 0 aliphatic rings. The van der Waals surface area contributed by atoms with Crippen molar-refractivity contribution in [3.8, 4) is 5.75 Å². The normalized spacial score (nSPS) is 12.0. The van der Waals surface area contributed by atoms with Crippen LogP contribution >= 0.6 is 15.9 Å². The van der Waals surface area contributed by atoms with E-state index in [1.54, 1.807) is 0 Å². The highest BCUT2D eigenvalue weighted by Gasteiger charge is 2.33. The van der Waals surface area contributed by atoms with Gasteiger partial charge in [0.15, 0.2) is 5.75 Å². The van der Waals surface area contributed by atoms with Gasteiger partial charge in [0.05, 0.1) is 11.8 Å². The van der Waals surface area contributed by atoms with E-state index < -0.39 is 24.1 Å². The van der Waals surface area contributed by atoms with Gasteiger partial charge in [0.1, 0.15) is 4.60 Å². The maximum Gasteiger partial charge on any atom is 0.573 e. The molecule has 0 unspecified atom stereocenters. The second-order valence-electron chi connectivity index (χ2n) is 2.80. The van der Waals surface area contributed by atoms with Gasteiger partial charge in [-0.3, -0.25) is 0 Å². The zero-order chi connectivity index (χ0) is 12.5. The molecule has 16 heavy (non-hydrogen) atoms. The van der Waals surface area contributed by atoms with Gasteiger partial charge >= 0.3 is 6.36 Å². The van der Waals surface area contributed by atoms with Gasteiger partial charge in [0.2, 0.25) is 0 Å². The van der Waals surface area contributed by atoms with Gasteiger partial charge in [-0.25, -0.2) is 13.8 Å². The fourth-order valence-electron chi connectivity index (χ4n) is 1.05. The van der Waals surface area contributed by atoms with Crippen LogP contribution in [0.4, 0.5) is 22.0 Å². The number of rotatable bonds is 2. The van der Waals surface area contributed by atoms with Crippen LogP contribution in [0.3, 0.4) is 0 Å². The summed E-state index contributed by atoms with van der Waals surface area (Å²) in [5.41, 5.74) is -0.907. The van der Waals surface area contributed by atoms with Gasteiger partial charge in [-0.1, -0.05) is 0 Å². The molecule has 90 valence electrons. The minimum absolute atomic E-state index is 0.200. The number of ether oxygens (including phenoxy) is 1. The molecule has 0 amide bonds. The largest absolute Gasteiger partial charge is 0.573 e. The lowest BCUT2D eigenvalue weighted by molar-refractivity contribution is -0.275. The number of hydrogen-bond acceptors (Lipinski definition) is 2. The van der Waals surface area contributed by atoms with E-state index in [0.29, 0.717) is 0 Å². The second kappa shape index (κ2) is 4.52. The van der Waals surface area contributed by atoms with E-state index in [1.807, 2.05) is 0 Å². The summed E-state index contributed by atoms with van der Waals surface area (Å²) in [4.78, 5) is 3.36. The molecule has 0 spiro atoms. The van der Waals surface area contributed by atoms with Crippen LogP contribution in [-0.2, 0) is 0 Å². The highest BCUT2D eigenvalue weighted by Crippen LogP contribution is 2.35. The summed E-state index contributed by atoms with van der Waals surface area (Å²) in [5, 5.41) is 0. The van der Waals surface area contributed by atoms with Gasteiger partial charge in [-0.2, -0.15) is 0 Å². The first-order valence-corrected chi connectivity index (χ1v) is 4.70. The van der Waals surface area contributed by atoms with Crippen LogP contribution in [0.2, 0.25) is 0 Å². The third-order valence-electron chi connectivity index (χ3n) is 1.73. The average molecular weight is 306 g/mol. The summed E-state index contributed by atoms with van der Waals surface area (Å²) in [6.07, 6.45) is -7.13. The molecule has 0 saturated heterocycles. The molecular weight excluding hydrogens is 301 g/mol. The average Bonchev–Trinajstić information content (AvgIpc) is 2.07. The Morgan fingerprint density at radius 2 is 1.94 bits per heavy atom. The Morgan fingerprint density at radius 3 is 2.38 bits per heavy atom. The summed E-state index contributed by atoms with van der Waals surface area (Å²) in [6, 6.07) is 0. The van der Waals surface area contributed by atoms with Crippen molar-refractivity contribution >= 4 is 15.9 Å². The van der Waals surface area contributed by atoms with Gasteiger partial charge in [-0.05, 0) is 22.9 Å². The summed E-state index contributed by atoms with van der Waals surface area (Å²) in [7, 11) is 0. The van der Waals surface area contributed by atoms with Crippen LogP contribution < -0.4 is 4.74 Å². The maximum atomic E-state index is 12.5. The van der Waals surface area contributed by atoms with Crippen LogP contribution in [0, 0.1) is 6.92 Å². The smallest absolute Gasteiger partial charge is 0.404 e. The molecule has 0 aromatic carbocycles. The van der Waals surface area contributed by atoms with Crippen molar-refractivity contribution in [2.24, 2.45) is 0 Å². The van der Waals surface area contributed by atoms with Crippen molar-refractivity contribution in [2.45, 2.75) is 19.7 Å². The molecule has 0 bridgehead atoms. The molecule has 1 heterocycles. The van der Waals surface area contributed by atoms with Crippen LogP contribution in [0.25, 0.3) is 0 Å². The molecule has 0 fully saturated rings. The van der Waals surface area contributed by atoms with Crippen molar-refractivity contribution in [3.63, 3.8) is 0 Å². The molecular formula is C8H5BrF5NO. The highest BCUT2D eigenvalue weighted by molar-refractivity contribution is 9.10. The minimum Gasteiger partial charge on any atom is -0.404 e. The van der Waals surface area contributed by atoms with Gasteiger partial charge in [-0.15, -0.1) is 13.2 Å². The molecule has 2 nitrogen and oxygen atoms in total. The molecule has 1 rings (SSSR count). The molecule has 0 aliphatic heterocycles. The zero-order valence-electron chi connectivity index (χ0n) is 7.78. The number of nitrogens with zero attached hydrogens (tertiary/aromatic N) is 1. The topological polar surface area (TPSA) is 22.1 Å². The molecule has 0 radical (unpaired) electrons. The standard InChI is InChI=1S/C8H5BrF5NO/c1-3-4(16-8(12,13)14)2-15-6(9)5(3)7(10)11/h2,7H,1H3. The van der Waals surface area contributed by atoms with Crippen LogP contribution in [0.15, 0.2) is 10.8 Å². The quantitative estimate of drug-likeness (QED) is 0.609. The van der Waals surface area contributed by atoms with Crippen molar-refractivity contribution in [1.82, 2.24) is 4.98 Å². The molecule has 1 aromatic heterocycles. The fourth-order valence-corrected chi connectivity index (χ4v) is 1.62. The third-order valence-corrected chi connectivity index (χ3v) is 2.37. The number of alkyl halides is 5. The highest BCUT2D eigenvalue weighted by atomic mass is 79.9. The summed E-state index contributed by atoms with van der Waals surface area (Å²) >= 11 is 2.73. The zero-order valence-corrected chi connectivity index (χ0v) is 9.36. The predicted octanol–water partition coefficient (Wildman–Crippen LogP) is 3.99. The van der Waals surface area contributed by atoms with Gasteiger partial charge in [0, 0.05) is 5.56 Å². The second-order valence-corrected chi connectivity index (χ2v) is 3.55. The van der Waals surface area contributed by atoms with Crippen molar-refractivity contribution in [3.05, 3.63) is 21.9 Å². The SMILES string of the molecule is Cc1c(OC(F)(F)F)cnc(Br)c1C(F)F. The molecule has 0 N–H and O–H groups in total. The predicted molar refractivity (Wildman–Crippen MR) is 48.3 cm³/mol. The first-order valence-electron chi connectivity index (χ1n) is 3.91. The Labute approximate surface area is 95.6 Å². The molecule has 0 atom stereocenters. The lowest BCUT2D eigenvalue weighted by atomic mass is 10.1. The van der Waals surface area contributed by atoms with Crippen LogP contribution in [0.1, 0.15) is 17.6 Å². The Bertz CT molecular complexity index is 393. The summed E-state index contributed by atoms with van der Waals surface area (Å²) < 4.78 is 64.1. The lowest BCUT2D eigenvalue weighted by Crippen LogP contribution is -2.18. The fraction of sp³-hybridized carbons (Fsp3) is 0.375. The number of aromatic nitrogens is 1. The van der Waals surface area contributed by atoms with E-state index in [4.69, 9.17) is 0 Å². The molecule has 8 heteroatoms. The summed E-state index contributed by atoms with van der Waals surface area (Å²) in [6.45, 7) is 1.11. The maximum absolute atomic E-state index is 12.5. The minimum atomic E-state index is -4.93. The Hall–Kier alpha value is -0.920. The summed E-state index contributed by atoms with van der Waals surface area (Å²) in [5.74, 6) is -0.731. The Kier molecular flexibility index (Phi) is 3.72. The van der Waals surface area contributed by atoms with Crippen molar-refractivity contribution in [1.29, 1.82) is 0 Å². The first-order chi connectivity index (χ1) is 7.22. The molecule has 0 aliphatic carbocycles. The van der Waals surface area contributed by atoms with Gasteiger partial charge in [0.25, 0.3) is 6.43 Å². The van der Waals surface area contributed by atoms with Crippen LogP contribution in [0.5, 0.6) is 5.75 Å². The third kappa shape index (κ3) is 3.03. The van der Waals surface area contributed by atoms with E-state index in [2.05, 4.69) is 25.7 Å². The van der Waals surface area contributed by atoms with Crippen LogP contribution in [-0.4, -0.2) is 11.3 Å².